The van der Waals surface area contributed by atoms with Gasteiger partial charge in [0, 0.05) is 38.1 Å². The van der Waals surface area contributed by atoms with Crippen LogP contribution in [0.3, 0.4) is 0 Å². The Bertz CT molecular complexity index is 406. The molecule has 0 amide bonds. The molecule has 2 aliphatic rings. The molecule has 106 valence electrons. The number of hydrogen-bond donors (Lipinski definition) is 1. The highest BCUT2D eigenvalue weighted by Crippen LogP contribution is 2.22. The lowest BCUT2D eigenvalue weighted by Gasteiger charge is -2.35. The first-order valence-corrected chi connectivity index (χ1v) is 7.47. The largest absolute Gasteiger partial charge is 0.373 e. The molecule has 3 rings (SSSR count). The van der Waals surface area contributed by atoms with Crippen LogP contribution < -0.4 is 5.32 Å². The summed E-state index contributed by atoms with van der Waals surface area (Å²) in [5.41, 5.74) is 0. The van der Waals surface area contributed by atoms with Crippen molar-refractivity contribution in [1.82, 2.24) is 14.5 Å². The van der Waals surface area contributed by atoms with Crippen LogP contribution in [0.5, 0.6) is 0 Å². The van der Waals surface area contributed by atoms with E-state index in [1.165, 1.54) is 19.4 Å². The van der Waals surface area contributed by atoms with Crippen molar-refractivity contribution in [2.45, 2.75) is 44.9 Å². The molecule has 2 aliphatic heterocycles. The van der Waals surface area contributed by atoms with E-state index in [1.807, 2.05) is 12.4 Å². The average molecular weight is 264 g/mol. The molecule has 19 heavy (non-hydrogen) atoms. The van der Waals surface area contributed by atoms with Gasteiger partial charge in [-0.15, -0.1) is 0 Å². The summed E-state index contributed by atoms with van der Waals surface area (Å²) < 4.78 is 8.12. The number of aromatic nitrogens is 2. The Morgan fingerprint density at radius 2 is 2.47 bits per heavy atom. The molecule has 0 spiro atoms. The maximum absolute atomic E-state index is 5.95. The number of anilines is 1. The fourth-order valence-corrected chi connectivity index (χ4v) is 3.11. The van der Waals surface area contributed by atoms with Crippen LogP contribution in [0, 0.1) is 0 Å². The molecule has 2 fully saturated rings. The van der Waals surface area contributed by atoms with Crippen LogP contribution in [0.2, 0.25) is 0 Å². The van der Waals surface area contributed by atoms with Crippen LogP contribution in [-0.4, -0.2) is 52.8 Å². The Balaban J connectivity index is 1.50. The first-order valence-electron chi connectivity index (χ1n) is 7.47. The lowest BCUT2D eigenvalue weighted by atomic mass is 10.2. The van der Waals surface area contributed by atoms with Gasteiger partial charge in [-0.2, -0.15) is 0 Å². The first kappa shape index (κ1) is 12.9. The third-order valence-electron chi connectivity index (χ3n) is 4.13. The Morgan fingerprint density at radius 3 is 3.37 bits per heavy atom. The zero-order valence-corrected chi connectivity index (χ0v) is 11.7. The summed E-state index contributed by atoms with van der Waals surface area (Å²) >= 11 is 0. The minimum atomic E-state index is 0.293. The van der Waals surface area contributed by atoms with Crippen LogP contribution in [0.4, 0.5) is 5.95 Å². The lowest BCUT2D eigenvalue weighted by Crippen LogP contribution is -2.48. The second-order valence-corrected chi connectivity index (χ2v) is 5.57. The Labute approximate surface area is 114 Å². The van der Waals surface area contributed by atoms with E-state index in [0.29, 0.717) is 12.1 Å². The summed E-state index contributed by atoms with van der Waals surface area (Å²) in [5.74, 6) is 0.967. The van der Waals surface area contributed by atoms with Crippen molar-refractivity contribution >= 4 is 5.95 Å². The van der Waals surface area contributed by atoms with Gasteiger partial charge in [-0.05, 0) is 25.8 Å². The fraction of sp³-hybridized carbons (Fsp3) is 0.786. The van der Waals surface area contributed by atoms with Crippen LogP contribution in [-0.2, 0) is 11.3 Å². The minimum absolute atomic E-state index is 0.293. The van der Waals surface area contributed by atoms with Gasteiger partial charge in [-0.3, -0.25) is 4.90 Å². The lowest BCUT2D eigenvalue weighted by molar-refractivity contribution is -0.0416. The van der Waals surface area contributed by atoms with E-state index in [4.69, 9.17) is 4.74 Å². The van der Waals surface area contributed by atoms with Crippen molar-refractivity contribution in [3.8, 4) is 0 Å². The van der Waals surface area contributed by atoms with Gasteiger partial charge in [-0.1, -0.05) is 6.92 Å². The number of morpholine rings is 1. The number of nitrogens with one attached hydrogen (secondary N) is 1. The van der Waals surface area contributed by atoms with Crippen molar-refractivity contribution < 1.29 is 4.74 Å². The number of aryl methyl sites for hydroxylation is 1. The van der Waals surface area contributed by atoms with Crippen molar-refractivity contribution in [3.05, 3.63) is 12.4 Å². The van der Waals surface area contributed by atoms with Crippen LogP contribution >= 0.6 is 0 Å². The maximum Gasteiger partial charge on any atom is 0.202 e. The van der Waals surface area contributed by atoms with E-state index in [2.05, 4.69) is 26.7 Å². The van der Waals surface area contributed by atoms with E-state index in [-0.39, 0.29) is 0 Å². The van der Waals surface area contributed by atoms with Gasteiger partial charge in [0.05, 0.1) is 12.7 Å². The third kappa shape index (κ3) is 2.92. The number of imidazole rings is 1. The fourth-order valence-electron chi connectivity index (χ4n) is 3.11. The zero-order valence-electron chi connectivity index (χ0n) is 11.7. The monoisotopic (exact) mass is 264 g/mol. The summed E-state index contributed by atoms with van der Waals surface area (Å²) in [6.07, 6.45) is 7.94. The van der Waals surface area contributed by atoms with Gasteiger partial charge in [0.15, 0.2) is 0 Å². The predicted molar refractivity (Wildman–Crippen MR) is 75.3 cm³/mol. The number of rotatable bonds is 5. The quantitative estimate of drug-likeness (QED) is 0.876. The predicted octanol–water partition coefficient (Wildman–Crippen LogP) is 1.57. The maximum atomic E-state index is 5.95. The molecular weight excluding hydrogens is 240 g/mol. The summed E-state index contributed by atoms with van der Waals surface area (Å²) in [7, 11) is 0. The molecule has 5 nitrogen and oxygen atoms in total. The van der Waals surface area contributed by atoms with E-state index in [9.17, 15) is 0 Å². The molecule has 3 heterocycles. The summed E-state index contributed by atoms with van der Waals surface area (Å²) in [5, 5.41) is 3.43. The summed E-state index contributed by atoms with van der Waals surface area (Å²) in [4.78, 5) is 6.95. The highest BCUT2D eigenvalue weighted by Gasteiger charge is 2.32. The highest BCUT2D eigenvalue weighted by molar-refractivity contribution is 5.26. The summed E-state index contributed by atoms with van der Waals surface area (Å²) in [6, 6.07) is 0.679. The van der Waals surface area contributed by atoms with Crippen molar-refractivity contribution in [1.29, 1.82) is 0 Å². The van der Waals surface area contributed by atoms with Crippen LogP contribution in [0.15, 0.2) is 12.4 Å². The topological polar surface area (TPSA) is 42.3 Å². The molecular formula is C14H24N4O. The molecule has 1 aromatic heterocycles. The normalized spacial score (nSPS) is 27.4. The van der Waals surface area contributed by atoms with Gasteiger partial charge < -0.3 is 14.6 Å². The molecule has 0 aliphatic carbocycles. The molecule has 0 radical (unpaired) electrons. The van der Waals surface area contributed by atoms with Gasteiger partial charge in [-0.25, -0.2) is 4.98 Å². The number of fused-ring (bicyclic) bond motifs is 1. The Hall–Kier alpha value is -1.07. The molecule has 5 heteroatoms. The first-order chi connectivity index (χ1) is 9.36. The standard InChI is InChI=1S/C14H24N4O/c1-2-6-17-8-5-15-14(17)16-9-13-10-18-7-3-4-12(18)11-19-13/h5,8,12-13H,2-4,6-7,9-11H2,1H3,(H,15,16). The molecule has 2 saturated heterocycles. The third-order valence-corrected chi connectivity index (χ3v) is 4.13. The van der Waals surface area contributed by atoms with Crippen LogP contribution in [0.25, 0.3) is 0 Å². The van der Waals surface area contributed by atoms with E-state index in [0.717, 1.165) is 38.6 Å². The van der Waals surface area contributed by atoms with E-state index >= 15 is 0 Å². The zero-order chi connectivity index (χ0) is 13.1. The van der Waals surface area contributed by atoms with Gasteiger partial charge >= 0.3 is 0 Å². The molecule has 2 atom stereocenters. The molecule has 1 N–H and O–H groups in total. The second kappa shape index (κ2) is 5.92. The van der Waals surface area contributed by atoms with Gasteiger partial charge in [0.25, 0.3) is 0 Å². The van der Waals surface area contributed by atoms with E-state index < -0.39 is 0 Å². The second-order valence-electron chi connectivity index (χ2n) is 5.57. The van der Waals surface area contributed by atoms with Crippen molar-refractivity contribution in [2.75, 3.05) is 31.6 Å². The van der Waals surface area contributed by atoms with Crippen LogP contribution in [0.1, 0.15) is 26.2 Å². The molecule has 0 aromatic carbocycles. The Kier molecular flexibility index (Phi) is 4.03. The number of nitrogens with zero attached hydrogens (tertiary/aromatic N) is 3. The van der Waals surface area contributed by atoms with Gasteiger partial charge in [0.1, 0.15) is 0 Å². The number of ether oxygens (including phenoxy) is 1. The Morgan fingerprint density at radius 1 is 1.53 bits per heavy atom. The molecule has 2 unspecified atom stereocenters. The summed E-state index contributed by atoms with van der Waals surface area (Å²) in [6.45, 7) is 7.25. The van der Waals surface area contributed by atoms with Crippen molar-refractivity contribution in [2.24, 2.45) is 0 Å². The van der Waals surface area contributed by atoms with E-state index in [1.54, 1.807) is 0 Å². The molecule has 1 aromatic rings. The number of hydrogen-bond acceptors (Lipinski definition) is 4. The smallest absolute Gasteiger partial charge is 0.202 e. The minimum Gasteiger partial charge on any atom is -0.373 e. The van der Waals surface area contributed by atoms with Crippen molar-refractivity contribution in [3.63, 3.8) is 0 Å². The molecule has 0 bridgehead atoms. The van der Waals surface area contributed by atoms with Gasteiger partial charge in [0.2, 0.25) is 5.95 Å². The average Bonchev–Trinajstić information content (AvgIpc) is 3.05. The molecule has 0 saturated carbocycles. The highest BCUT2D eigenvalue weighted by atomic mass is 16.5. The SMILES string of the molecule is CCCn1ccnc1NCC1CN2CCCC2CO1.